The van der Waals surface area contributed by atoms with Crippen molar-refractivity contribution >= 4 is 5.97 Å². The van der Waals surface area contributed by atoms with Gasteiger partial charge in [0.25, 0.3) is 0 Å². The van der Waals surface area contributed by atoms with E-state index < -0.39 is 0 Å². The van der Waals surface area contributed by atoms with Gasteiger partial charge in [-0.2, -0.15) is 0 Å². The molecule has 0 radical (unpaired) electrons. The van der Waals surface area contributed by atoms with Gasteiger partial charge >= 0.3 is 5.97 Å². The lowest BCUT2D eigenvalue weighted by molar-refractivity contribution is -0.150. The Morgan fingerprint density at radius 3 is 2.00 bits per heavy atom. The van der Waals surface area contributed by atoms with E-state index in [9.17, 15) is 4.79 Å². The molecule has 0 aliphatic carbocycles. The maximum absolute atomic E-state index is 11.3. The molecule has 0 aromatic carbocycles. The topological polar surface area (TPSA) is 26.3 Å². The zero-order valence-corrected chi connectivity index (χ0v) is 15.3. The third-order valence-electron chi connectivity index (χ3n) is 4.62. The number of rotatable bonds is 12. The van der Waals surface area contributed by atoms with E-state index in [1.807, 2.05) is 13.8 Å². The van der Waals surface area contributed by atoms with E-state index in [0.717, 1.165) is 18.3 Å². The summed E-state index contributed by atoms with van der Waals surface area (Å²) >= 11 is 0. The Morgan fingerprint density at radius 1 is 0.905 bits per heavy atom. The van der Waals surface area contributed by atoms with Crippen molar-refractivity contribution in [1.29, 1.82) is 0 Å². The van der Waals surface area contributed by atoms with Gasteiger partial charge in [0, 0.05) is 6.42 Å². The molecule has 0 saturated heterocycles. The Morgan fingerprint density at radius 2 is 1.48 bits per heavy atom. The highest BCUT2D eigenvalue weighted by Crippen LogP contribution is 2.23. The lowest BCUT2D eigenvalue weighted by atomic mass is 9.88. The average Bonchev–Trinajstić information content (AvgIpc) is 2.44. The van der Waals surface area contributed by atoms with Gasteiger partial charge in [0.2, 0.25) is 0 Å². The van der Waals surface area contributed by atoms with E-state index in [2.05, 4.69) is 27.7 Å². The third-order valence-corrected chi connectivity index (χ3v) is 4.62. The number of hydrogen-bond donors (Lipinski definition) is 0. The quantitative estimate of drug-likeness (QED) is 0.414. The molecule has 126 valence electrons. The molecule has 0 N–H and O–H groups in total. The predicted octanol–water partition coefficient (Wildman–Crippen LogP) is 5.99. The summed E-state index contributed by atoms with van der Waals surface area (Å²) in [6, 6.07) is 0. The van der Waals surface area contributed by atoms with Crippen molar-refractivity contribution in [2.45, 2.75) is 99.0 Å². The van der Waals surface area contributed by atoms with Crippen LogP contribution in [0.15, 0.2) is 0 Å². The van der Waals surface area contributed by atoms with Gasteiger partial charge in [-0.15, -0.1) is 0 Å². The number of hydrogen-bond acceptors (Lipinski definition) is 2. The fourth-order valence-corrected chi connectivity index (χ4v) is 2.90. The Kier molecular flexibility index (Phi) is 11.8. The second-order valence-corrected chi connectivity index (χ2v) is 7.04. The minimum Gasteiger partial charge on any atom is -0.462 e. The molecule has 4 atom stereocenters. The molecule has 0 aliphatic rings. The zero-order valence-electron chi connectivity index (χ0n) is 15.3. The molecule has 0 bridgehead atoms. The Bertz CT molecular complexity index is 262. The minimum atomic E-state index is -0.0764. The second kappa shape index (κ2) is 12.1. The summed E-state index contributed by atoms with van der Waals surface area (Å²) < 4.78 is 5.39. The summed E-state index contributed by atoms with van der Waals surface area (Å²) in [4.78, 5) is 11.3. The van der Waals surface area contributed by atoms with Crippen molar-refractivity contribution in [3.05, 3.63) is 0 Å². The fraction of sp³-hybridized carbons (Fsp3) is 0.947. The molecule has 2 nitrogen and oxygen atoms in total. The van der Waals surface area contributed by atoms with Crippen molar-refractivity contribution in [2.24, 2.45) is 17.8 Å². The van der Waals surface area contributed by atoms with Crippen LogP contribution in [0, 0.1) is 17.8 Å². The summed E-state index contributed by atoms with van der Waals surface area (Å²) in [5.74, 6) is 2.07. The average molecular weight is 299 g/mol. The molecule has 0 saturated carbocycles. The molecule has 0 rings (SSSR count). The smallest absolute Gasteiger partial charge is 0.305 e. The number of carbonyl (C=O) groups excluding carboxylic acids is 1. The molecular weight excluding hydrogens is 260 g/mol. The molecule has 0 aliphatic heterocycles. The van der Waals surface area contributed by atoms with Gasteiger partial charge in [-0.05, 0) is 37.5 Å². The summed E-state index contributed by atoms with van der Waals surface area (Å²) in [7, 11) is 0. The Labute approximate surface area is 133 Å². The molecule has 0 heterocycles. The first-order chi connectivity index (χ1) is 9.90. The van der Waals surface area contributed by atoms with Crippen LogP contribution in [0.25, 0.3) is 0 Å². The van der Waals surface area contributed by atoms with Crippen LogP contribution >= 0.6 is 0 Å². The standard InChI is InChI=1S/C19H38O2/c1-7-9-11-15(3)14-16(4)12-10-13-17(5)18(6)21-19(20)8-2/h15-18H,7-14H2,1-6H3/t15-,16+,17+,18-/m0/s1. The van der Waals surface area contributed by atoms with Gasteiger partial charge in [0.1, 0.15) is 6.10 Å². The Balaban J connectivity index is 3.78. The minimum absolute atomic E-state index is 0.0521. The largest absolute Gasteiger partial charge is 0.462 e. The van der Waals surface area contributed by atoms with Crippen LogP contribution in [-0.2, 0) is 9.53 Å². The lowest BCUT2D eigenvalue weighted by Gasteiger charge is -2.21. The molecule has 0 fully saturated rings. The molecule has 2 heteroatoms. The van der Waals surface area contributed by atoms with Gasteiger partial charge in [0.15, 0.2) is 0 Å². The first-order valence-electron chi connectivity index (χ1n) is 9.10. The van der Waals surface area contributed by atoms with Crippen LogP contribution in [0.3, 0.4) is 0 Å². The van der Waals surface area contributed by atoms with E-state index in [4.69, 9.17) is 4.74 Å². The predicted molar refractivity (Wildman–Crippen MR) is 91.3 cm³/mol. The van der Waals surface area contributed by atoms with E-state index in [1.165, 1.54) is 38.5 Å². The molecule has 21 heavy (non-hydrogen) atoms. The van der Waals surface area contributed by atoms with Crippen molar-refractivity contribution in [3.63, 3.8) is 0 Å². The van der Waals surface area contributed by atoms with Gasteiger partial charge in [-0.1, -0.05) is 66.7 Å². The molecule has 0 aromatic rings. The van der Waals surface area contributed by atoms with Gasteiger partial charge in [0.05, 0.1) is 0 Å². The van der Waals surface area contributed by atoms with Crippen molar-refractivity contribution in [1.82, 2.24) is 0 Å². The number of carbonyl (C=O) groups is 1. The van der Waals surface area contributed by atoms with Crippen LogP contribution < -0.4 is 0 Å². The maximum Gasteiger partial charge on any atom is 0.305 e. The maximum atomic E-state index is 11.3. The normalized spacial score (nSPS) is 17.0. The summed E-state index contributed by atoms with van der Waals surface area (Å²) in [6.07, 6.45) is 9.64. The number of unbranched alkanes of at least 4 members (excludes halogenated alkanes) is 1. The van der Waals surface area contributed by atoms with E-state index in [-0.39, 0.29) is 12.1 Å². The van der Waals surface area contributed by atoms with Crippen molar-refractivity contribution < 1.29 is 9.53 Å². The van der Waals surface area contributed by atoms with Crippen LogP contribution in [0.1, 0.15) is 92.9 Å². The van der Waals surface area contributed by atoms with Gasteiger partial charge in [-0.25, -0.2) is 0 Å². The monoisotopic (exact) mass is 298 g/mol. The molecule has 0 aromatic heterocycles. The van der Waals surface area contributed by atoms with Crippen LogP contribution in [0.4, 0.5) is 0 Å². The first kappa shape index (κ1) is 20.5. The summed E-state index contributed by atoms with van der Waals surface area (Å²) in [5, 5.41) is 0. The van der Waals surface area contributed by atoms with Crippen LogP contribution in [0.5, 0.6) is 0 Å². The first-order valence-corrected chi connectivity index (χ1v) is 9.10. The lowest BCUT2D eigenvalue weighted by Crippen LogP contribution is -2.21. The second-order valence-electron chi connectivity index (χ2n) is 7.04. The van der Waals surface area contributed by atoms with E-state index in [1.54, 1.807) is 0 Å². The van der Waals surface area contributed by atoms with Crippen molar-refractivity contribution in [3.8, 4) is 0 Å². The highest BCUT2D eigenvalue weighted by atomic mass is 16.5. The summed E-state index contributed by atoms with van der Waals surface area (Å²) in [5.41, 5.74) is 0. The van der Waals surface area contributed by atoms with E-state index >= 15 is 0 Å². The van der Waals surface area contributed by atoms with Crippen molar-refractivity contribution in [2.75, 3.05) is 0 Å². The highest BCUT2D eigenvalue weighted by Gasteiger charge is 2.16. The number of ether oxygens (including phenoxy) is 1. The van der Waals surface area contributed by atoms with Gasteiger partial charge in [-0.3, -0.25) is 4.79 Å². The highest BCUT2D eigenvalue weighted by molar-refractivity contribution is 5.69. The molecule has 0 spiro atoms. The van der Waals surface area contributed by atoms with Crippen LogP contribution in [-0.4, -0.2) is 12.1 Å². The Hall–Kier alpha value is -0.530. The molecule has 0 amide bonds. The SMILES string of the molecule is CCCC[C@H](C)C[C@H](C)CCC[C@@H](C)[C@H](C)OC(=O)CC. The zero-order chi connectivity index (χ0) is 16.3. The molecular formula is C19H38O2. The third kappa shape index (κ3) is 10.8. The van der Waals surface area contributed by atoms with E-state index in [0.29, 0.717) is 12.3 Å². The number of esters is 1. The van der Waals surface area contributed by atoms with Gasteiger partial charge < -0.3 is 4.74 Å². The van der Waals surface area contributed by atoms with Crippen LogP contribution in [0.2, 0.25) is 0 Å². The fourth-order valence-electron chi connectivity index (χ4n) is 2.90. The summed E-state index contributed by atoms with van der Waals surface area (Å²) in [6.45, 7) is 13.1. The molecule has 0 unspecified atom stereocenters.